The lowest BCUT2D eigenvalue weighted by Crippen LogP contribution is -2.36. The summed E-state index contributed by atoms with van der Waals surface area (Å²) in [6, 6.07) is -0.199. The second-order valence-electron chi connectivity index (χ2n) is 5.51. The van der Waals surface area contributed by atoms with Gasteiger partial charge >= 0.3 is 5.97 Å². The molecule has 1 aliphatic heterocycles. The summed E-state index contributed by atoms with van der Waals surface area (Å²) in [6.07, 6.45) is 12.4. The van der Waals surface area contributed by atoms with E-state index in [9.17, 15) is 4.79 Å². The maximum Gasteiger partial charge on any atom is 0.320 e. The Morgan fingerprint density at radius 1 is 1.11 bits per heavy atom. The van der Waals surface area contributed by atoms with E-state index in [1.54, 1.807) is 0 Å². The predicted molar refractivity (Wildman–Crippen MR) is 74.8 cm³/mol. The summed E-state index contributed by atoms with van der Waals surface area (Å²) in [7, 11) is 0. The van der Waals surface area contributed by atoms with E-state index in [0.29, 0.717) is 0 Å². The summed E-state index contributed by atoms with van der Waals surface area (Å²) in [5, 5.41) is 9.07. The molecule has 1 N–H and O–H groups in total. The molecule has 1 aliphatic rings. The molecule has 0 radical (unpaired) electrons. The molecule has 0 spiro atoms. The van der Waals surface area contributed by atoms with Crippen LogP contribution in [-0.4, -0.2) is 35.1 Å². The van der Waals surface area contributed by atoms with Crippen LogP contribution in [0.5, 0.6) is 0 Å². The SMILES string of the molecule is CCCCCCCCCCN1CCC[C@H]1C(=O)O. The molecule has 106 valence electrons. The van der Waals surface area contributed by atoms with Crippen molar-refractivity contribution in [1.82, 2.24) is 4.90 Å². The van der Waals surface area contributed by atoms with Crippen LogP contribution < -0.4 is 0 Å². The normalized spacial score (nSPS) is 20.4. The monoisotopic (exact) mass is 255 g/mol. The Morgan fingerprint density at radius 2 is 1.72 bits per heavy atom. The molecule has 3 nitrogen and oxygen atoms in total. The van der Waals surface area contributed by atoms with Gasteiger partial charge in [-0.1, -0.05) is 51.9 Å². The third-order valence-electron chi connectivity index (χ3n) is 3.95. The minimum atomic E-state index is -0.632. The Hall–Kier alpha value is -0.570. The van der Waals surface area contributed by atoms with Crippen LogP contribution in [0.25, 0.3) is 0 Å². The highest BCUT2D eigenvalue weighted by atomic mass is 16.4. The first-order valence-corrected chi connectivity index (χ1v) is 7.72. The number of aliphatic carboxylic acids is 1. The van der Waals surface area contributed by atoms with Crippen molar-refractivity contribution in [3.63, 3.8) is 0 Å². The first kappa shape index (κ1) is 15.5. The molecule has 0 unspecified atom stereocenters. The van der Waals surface area contributed by atoms with Gasteiger partial charge in [-0.15, -0.1) is 0 Å². The number of unbranched alkanes of at least 4 members (excludes halogenated alkanes) is 7. The van der Waals surface area contributed by atoms with Crippen LogP contribution in [0, 0.1) is 0 Å². The molecule has 1 atom stereocenters. The molecule has 1 heterocycles. The number of carboxylic acids is 1. The summed E-state index contributed by atoms with van der Waals surface area (Å²) >= 11 is 0. The molecule has 1 fully saturated rings. The Labute approximate surface area is 112 Å². The second-order valence-corrected chi connectivity index (χ2v) is 5.51. The molecule has 1 rings (SSSR count). The zero-order valence-electron chi connectivity index (χ0n) is 11.9. The van der Waals surface area contributed by atoms with Gasteiger partial charge in [-0.25, -0.2) is 0 Å². The Balaban J connectivity index is 1.96. The van der Waals surface area contributed by atoms with Crippen LogP contribution in [0.15, 0.2) is 0 Å². The van der Waals surface area contributed by atoms with Crippen molar-refractivity contribution < 1.29 is 9.90 Å². The number of rotatable bonds is 10. The van der Waals surface area contributed by atoms with E-state index in [0.717, 1.165) is 32.4 Å². The third kappa shape index (κ3) is 5.85. The summed E-state index contributed by atoms with van der Waals surface area (Å²) < 4.78 is 0. The van der Waals surface area contributed by atoms with Gasteiger partial charge in [0.05, 0.1) is 0 Å². The van der Waals surface area contributed by atoms with E-state index in [1.807, 2.05) is 0 Å². The lowest BCUT2D eigenvalue weighted by molar-refractivity contribution is -0.142. The molecule has 0 saturated carbocycles. The van der Waals surface area contributed by atoms with Crippen LogP contribution in [0.4, 0.5) is 0 Å². The molecule has 3 heteroatoms. The fourth-order valence-electron chi connectivity index (χ4n) is 2.82. The average Bonchev–Trinajstić information content (AvgIpc) is 2.81. The van der Waals surface area contributed by atoms with E-state index < -0.39 is 5.97 Å². The van der Waals surface area contributed by atoms with Crippen LogP contribution in [0.2, 0.25) is 0 Å². The fraction of sp³-hybridized carbons (Fsp3) is 0.933. The number of nitrogens with zero attached hydrogens (tertiary/aromatic N) is 1. The lowest BCUT2D eigenvalue weighted by Gasteiger charge is -2.20. The van der Waals surface area contributed by atoms with E-state index in [2.05, 4.69) is 11.8 Å². The molecule has 0 bridgehead atoms. The molecule has 1 saturated heterocycles. The molecular weight excluding hydrogens is 226 g/mol. The van der Waals surface area contributed by atoms with Crippen molar-refractivity contribution in [2.24, 2.45) is 0 Å². The Kier molecular flexibility index (Phi) is 8.06. The average molecular weight is 255 g/mol. The molecular formula is C15H29NO2. The van der Waals surface area contributed by atoms with Gasteiger partial charge in [0.1, 0.15) is 6.04 Å². The van der Waals surface area contributed by atoms with Crippen molar-refractivity contribution in [1.29, 1.82) is 0 Å². The van der Waals surface area contributed by atoms with Crippen molar-refractivity contribution in [3.8, 4) is 0 Å². The number of carboxylic acid groups (broad SMARTS) is 1. The minimum absolute atomic E-state index is 0.199. The van der Waals surface area contributed by atoms with Crippen molar-refractivity contribution >= 4 is 5.97 Å². The van der Waals surface area contributed by atoms with E-state index in [1.165, 1.54) is 44.9 Å². The first-order chi connectivity index (χ1) is 8.75. The maximum absolute atomic E-state index is 11.0. The van der Waals surface area contributed by atoms with Crippen LogP contribution in [-0.2, 0) is 4.79 Å². The summed E-state index contributed by atoms with van der Waals surface area (Å²) in [6.45, 7) is 4.20. The highest BCUT2D eigenvalue weighted by Gasteiger charge is 2.29. The van der Waals surface area contributed by atoms with Gasteiger partial charge < -0.3 is 5.11 Å². The topological polar surface area (TPSA) is 40.5 Å². The minimum Gasteiger partial charge on any atom is -0.480 e. The van der Waals surface area contributed by atoms with Crippen molar-refractivity contribution in [2.45, 2.75) is 77.2 Å². The number of hydrogen-bond acceptors (Lipinski definition) is 2. The molecule has 18 heavy (non-hydrogen) atoms. The molecule has 0 amide bonds. The van der Waals surface area contributed by atoms with E-state index in [4.69, 9.17) is 5.11 Å². The quantitative estimate of drug-likeness (QED) is 0.605. The molecule has 0 aromatic rings. The van der Waals surface area contributed by atoms with Crippen LogP contribution in [0.1, 0.15) is 71.1 Å². The Morgan fingerprint density at radius 3 is 2.33 bits per heavy atom. The Bertz CT molecular complexity index is 231. The first-order valence-electron chi connectivity index (χ1n) is 7.72. The van der Waals surface area contributed by atoms with Gasteiger partial charge in [-0.3, -0.25) is 9.69 Å². The molecule has 0 aromatic carbocycles. The van der Waals surface area contributed by atoms with Crippen LogP contribution in [0.3, 0.4) is 0 Å². The number of likely N-dealkylation sites (tertiary alicyclic amines) is 1. The summed E-state index contributed by atoms with van der Waals surface area (Å²) in [4.78, 5) is 13.2. The fourth-order valence-corrected chi connectivity index (χ4v) is 2.82. The molecule has 0 aliphatic carbocycles. The summed E-state index contributed by atoms with van der Waals surface area (Å²) in [5.41, 5.74) is 0. The lowest BCUT2D eigenvalue weighted by atomic mass is 10.1. The smallest absolute Gasteiger partial charge is 0.320 e. The predicted octanol–water partition coefficient (Wildman–Crippen LogP) is 3.68. The van der Waals surface area contributed by atoms with Crippen LogP contribution >= 0.6 is 0 Å². The van der Waals surface area contributed by atoms with Gasteiger partial charge in [0.25, 0.3) is 0 Å². The van der Waals surface area contributed by atoms with Crippen molar-refractivity contribution in [3.05, 3.63) is 0 Å². The number of hydrogen-bond donors (Lipinski definition) is 1. The van der Waals surface area contributed by atoms with E-state index in [-0.39, 0.29) is 6.04 Å². The highest BCUT2D eigenvalue weighted by molar-refractivity contribution is 5.73. The van der Waals surface area contributed by atoms with Crippen molar-refractivity contribution in [2.75, 3.05) is 13.1 Å². The standard InChI is InChI=1S/C15H29NO2/c1-2-3-4-5-6-7-8-9-12-16-13-10-11-14(16)15(17)18/h14H,2-13H2,1H3,(H,17,18)/t14-/m0/s1. The second kappa shape index (κ2) is 9.37. The largest absolute Gasteiger partial charge is 0.480 e. The molecule has 0 aromatic heterocycles. The van der Waals surface area contributed by atoms with Gasteiger partial charge in [-0.05, 0) is 32.4 Å². The van der Waals surface area contributed by atoms with Gasteiger partial charge in [0.15, 0.2) is 0 Å². The van der Waals surface area contributed by atoms with Gasteiger partial charge in [0, 0.05) is 0 Å². The third-order valence-corrected chi connectivity index (χ3v) is 3.95. The maximum atomic E-state index is 11.0. The van der Waals surface area contributed by atoms with Gasteiger partial charge in [-0.2, -0.15) is 0 Å². The van der Waals surface area contributed by atoms with Gasteiger partial charge in [0.2, 0.25) is 0 Å². The zero-order chi connectivity index (χ0) is 13.2. The summed E-state index contributed by atoms with van der Waals surface area (Å²) in [5.74, 6) is -0.632. The highest BCUT2D eigenvalue weighted by Crippen LogP contribution is 2.18. The zero-order valence-corrected chi connectivity index (χ0v) is 11.9. The van der Waals surface area contributed by atoms with E-state index >= 15 is 0 Å². The number of carbonyl (C=O) groups is 1.